The van der Waals surface area contributed by atoms with E-state index in [1.165, 1.54) is 5.52 Å². The summed E-state index contributed by atoms with van der Waals surface area (Å²) >= 11 is 0. The normalized spacial score (nSPS) is 13.9. The molecule has 0 unspecified atom stereocenters. The van der Waals surface area contributed by atoms with Crippen molar-refractivity contribution < 1.29 is 13.6 Å². The van der Waals surface area contributed by atoms with Gasteiger partial charge in [-0.2, -0.15) is 0 Å². The van der Waals surface area contributed by atoms with E-state index in [0.29, 0.717) is 0 Å². The first kappa shape index (κ1) is 22.7. The average Bonchev–Trinajstić information content (AvgIpc) is 3.38. The number of fused-ring (bicyclic) bond motifs is 2. The zero-order valence-electron chi connectivity index (χ0n) is 19.5. The fourth-order valence-electron chi connectivity index (χ4n) is 4.13. The second-order valence-electron chi connectivity index (χ2n) is 8.57. The highest BCUT2D eigenvalue weighted by Gasteiger charge is 2.30. The van der Waals surface area contributed by atoms with E-state index in [1.807, 2.05) is 6.07 Å². The molecule has 3 heterocycles. The Morgan fingerprint density at radius 1 is 1.09 bits per heavy atom. The summed E-state index contributed by atoms with van der Waals surface area (Å²) in [5.41, 5.74) is 4.87. The van der Waals surface area contributed by atoms with Crippen molar-refractivity contribution in [2.45, 2.75) is 46.2 Å². The number of nitrogens with one attached hydrogen (secondary N) is 1. The van der Waals surface area contributed by atoms with Crippen molar-refractivity contribution in [3.8, 4) is 17.0 Å². The second-order valence-corrected chi connectivity index (χ2v) is 10.4. The summed E-state index contributed by atoms with van der Waals surface area (Å²) in [4.78, 5) is 12.2. The molecule has 0 atom stereocenters. The Kier molecular flexibility index (Phi) is 6.80. The number of aromatic nitrogens is 4. The molecule has 1 aromatic carbocycles. The van der Waals surface area contributed by atoms with Gasteiger partial charge in [-0.3, -0.25) is 4.98 Å². The maximum atomic E-state index is 6.07. The smallest absolute Gasteiger partial charge is 0.161 e. The van der Waals surface area contributed by atoms with E-state index in [1.54, 1.807) is 19.5 Å². The van der Waals surface area contributed by atoms with Crippen LogP contribution < -0.4 is 4.74 Å². The third-order valence-electron chi connectivity index (χ3n) is 5.91. The van der Waals surface area contributed by atoms with Gasteiger partial charge in [0.2, 0.25) is 0 Å². The first-order valence-electron chi connectivity index (χ1n) is 11.2. The molecular formula is C23H32N4O3Si2. The maximum absolute atomic E-state index is 6.07. The standard InChI is InChI=1S/C23H32N4O3Si2/c1-23(2,22(29-31-4)30-32-5)8-11-27-14-17(16-12-15(28-3)6-7-20(16)27)18-13-19-21(26-18)25-10-9-24-19/h6-7,9-10,12-14,22H,8,11,31-32H2,1-5H3,(H,25,26). The molecular weight excluding hydrogens is 436 g/mol. The molecule has 0 aliphatic heterocycles. The minimum absolute atomic E-state index is 0.0653. The molecule has 0 amide bonds. The first-order valence-corrected chi connectivity index (χ1v) is 15.1. The molecule has 32 heavy (non-hydrogen) atoms. The molecule has 1 N–H and O–H groups in total. The molecule has 7 nitrogen and oxygen atoms in total. The van der Waals surface area contributed by atoms with E-state index in [-0.39, 0.29) is 11.7 Å². The minimum Gasteiger partial charge on any atom is -0.497 e. The highest BCUT2D eigenvalue weighted by molar-refractivity contribution is 6.26. The molecule has 0 spiro atoms. The van der Waals surface area contributed by atoms with Gasteiger partial charge in [-0.1, -0.05) is 26.9 Å². The molecule has 0 aliphatic rings. The maximum Gasteiger partial charge on any atom is 0.161 e. The van der Waals surface area contributed by atoms with E-state index in [4.69, 9.17) is 13.6 Å². The molecule has 0 bridgehead atoms. The minimum atomic E-state index is -0.537. The SMILES string of the molecule is COc1ccc2c(c1)c(-c1cc3nccnc3[nH]1)cn2CCC(C)(C)C(O[SiH2]C)O[SiH2]C. The lowest BCUT2D eigenvalue weighted by molar-refractivity contribution is -0.0832. The van der Waals surface area contributed by atoms with Gasteiger partial charge in [0.1, 0.15) is 17.6 Å². The van der Waals surface area contributed by atoms with Gasteiger partial charge in [0.05, 0.1) is 12.8 Å². The van der Waals surface area contributed by atoms with Crippen molar-refractivity contribution in [3.63, 3.8) is 0 Å². The first-order chi connectivity index (χ1) is 15.5. The van der Waals surface area contributed by atoms with Gasteiger partial charge in [0.25, 0.3) is 0 Å². The van der Waals surface area contributed by atoms with Crippen LogP contribution in [-0.2, 0) is 15.4 Å². The zero-order chi connectivity index (χ0) is 22.7. The summed E-state index contributed by atoms with van der Waals surface area (Å²) in [7, 11) is 0.626. The molecule has 4 rings (SSSR count). The Morgan fingerprint density at radius 3 is 2.53 bits per heavy atom. The van der Waals surface area contributed by atoms with Crippen LogP contribution in [0.3, 0.4) is 0 Å². The van der Waals surface area contributed by atoms with Crippen molar-refractivity contribution in [2.75, 3.05) is 7.11 Å². The van der Waals surface area contributed by atoms with Gasteiger partial charge in [0.15, 0.2) is 25.2 Å². The summed E-state index contributed by atoms with van der Waals surface area (Å²) in [5, 5.41) is 1.14. The lowest BCUT2D eigenvalue weighted by Crippen LogP contribution is -2.36. The summed E-state index contributed by atoms with van der Waals surface area (Å²) in [6.07, 6.45) is 6.47. The van der Waals surface area contributed by atoms with Crippen LogP contribution in [0.2, 0.25) is 13.1 Å². The summed E-state index contributed by atoms with van der Waals surface area (Å²) in [6.45, 7) is 9.68. The highest BCUT2D eigenvalue weighted by Crippen LogP contribution is 2.35. The number of aromatic amines is 1. The van der Waals surface area contributed by atoms with Crippen LogP contribution in [0, 0.1) is 5.41 Å². The molecule has 0 saturated carbocycles. The molecule has 4 aromatic rings. The van der Waals surface area contributed by atoms with E-state index in [2.05, 4.69) is 70.9 Å². The number of ether oxygens (including phenoxy) is 1. The van der Waals surface area contributed by atoms with Crippen LogP contribution >= 0.6 is 0 Å². The molecule has 3 aromatic heterocycles. The van der Waals surface area contributed by atoms with Crippen LogP contribution in [0.15, 0.2) is 42.9 Å². The average molecular weight is 469 g/mol. The van der Waals surface area contributed by atoms with E-state index in [9.17, 15) is 0 Å². The molecule has 0 fully saturated rings. The zero-order valence-corrected chi connectivity index (χ0v) is 22.3. The number of H-pyrrole nitrogens is 1. The number of nitrogens with zero attached hydrogens (tertiary/aromatic N) is 3. The van der Waals surface area contributed by atoms with Crippen molar-refractivity contribution in [2.24, 2.45) is 5.41 Å². The lowest BCUT2D eigenvalue weighted by Gasteiger charge is -2.34. The number of aryl methyl sites for hydroxylation is 1. The van der Waals surface area contributed by atoms with Crippen LogP contribution in [0.5, 0.6) is 5.75 Å². The van der Waals surface area contributed by atoms with Gasteiger partial charge in [-0.15, -0.1) is 0 Å². The Balaban J connectivity index is 1.70. The van der Waals surface area contributed by atoms with Crippen molar-refractivity contribution >= 4 is 41.6 Å². The number of benzene rings is 1. The van der Waals surface area contributed by atoms with Gasteiger partial charge < -0.3 is 23.1 Å². The Labute approximate surface area is 193 Å². The molecule has 0 aliphatic carbocycles. The summed E-state index contributed by atoms with van der Waals surface area (Å²) in [6, 6.07) is 8.30. The fraction of sp³-hybridized carbons (Fsp3) is 0.391. The second kappa shape index (κ2) is 9.57. The Hall–Kier alpha value is -2.47. The third-order valence-corrected chi connectivity index (χ3v) is 7.18. The molecule has 0 radical (unpaired) electrons. The Bertz CT molecular complexity index is 1170. The van der Waals surface area contributed by atoms with Crippen molar-refractivity contribution in [1.82, 2.24) is 19.5 Å². The predicted octanol–water partition coefficient (Wildman–Crippen LogP) is 3.63. The third kappa shape index (κ3) is 4.51. The highest BCUT2D eigenvalue weighted by atomic mass is 28.2. The van der Waals surface area contributed by atoms with E-state index in [0.717, 1.165) is 46.5 Å². The summed E-state index contributed by atoms with van der Waals surface area (Å²) in [5.74, 6) is 0.840. The topological polar surface area (TPSA) is 74.2 Å². The van der Waals surface area contributed by atoms with Crippen molar-refractivity contribution in [3.05, 3.63) is 42.9 Å². The van der Waals surface area contributed by atoms with Gasteiger partial charge in [-0.05, 0) is 30.7 Å². The molecule has 0 saturated heterocycles. The van der Waals surface area contributed by atoms with Gasteiger partial charge >= 0.3 is 0 Å². The lowest BCUT2D eigenvalue weighted by atomic mass is 9.88. The molecule has 170 valence electrons. The van der Waals surface area contributed by atoms with Crippen molar-refractivity contribution in [1.29, 1.82) is 0 Å². The number of methoxy groups -OCH3 is 1. The van der Waals surface area contributed by atoms with Crippen LogP contribution in [-0.4, -0.2) is 52.4 Å². The molecule has 9 heteroatoms. The Morgan fingerprint density at radius 2 is 1.84 bits per heavy atom. The quantitative estimate of drug-likeness (QED) is 0.284. The van der Waals surface area contributed by atoms with Crippen LogP contribution in [0.1, 0.15) is 20.3 Å². The fourth-order valence-corrected chi connectivity index (χ4v) is 6.02. The number of rotatable bonds is 10. The summed E-state index contributed by atoms with van der Waals surface area (Å²) < 4.78 is 20.0. The largest absolute Gasteiger partial charge is 0.497 e. The number of hydrogen-bond donors (Lipinski definition) is 1. The van der Waals surface area contributed by atoms with E-state index >= 15 is 0 Å². The monoisotopic (exact) mass is 468 g/mol. The number of hydrogen-bond acceptors (Lipinski definition) is 5. The van der Waals surface area contributed by atoms with E-state index < -0.39 is 19.5 Å². The van der Waals surface area contributed by atoms with Crippen LogP contribution in [0.4, 0.5) is 0 Å². The van der Waals surface area contributed by atoms with Gasteiger partial charge in [0, 0.05) is 47.0 Å². The van der Waals surface area contributed by atoms with Crippen LogP contribution in [0.25, 0.3) is 33.3 Å². The van der Waals surface area contributed by atoms with Gasteiger partial charge in [-0.25, -0.2) is 4.98 Å². The predicted molar refractivity (Wildman–Crippen MR) is 135 cm³/mol.